The second-order valence-corrected chi connectivity index (χ2v) is 7.36. The standard InChI is InChI=1S/C19H28N4O2/c1-13(2)21-19(25)20-11-14-3-5-15(6-4-14)18(24)22-16-9-10-23(12-16)17-7-8-17/h3-6,13,16-17H,7-12H2,1-2H3,(H,22,24)(H2,20,21,25)/t16-/m1/s1. The van der Waals surface area contributed by atoms with Crippen molar-refractivity contribution in [1.29, 1.82) is 0 Å². The van der Waals surface area contributed by atoms with E-state index in [1.165, 1.54) is 12.8 Å². The summed E-state index contributed by atoms with van der Waals surface area (Å²) in [6.07, 6.45) is 3.66. The molecule has 2 aliphatic rings. The molecular weight excluding hydrogens is 316 g/mol. The van der Waals surface area contributed by atoms with Crippen molar-refractivity contribution in [2.75, 3.05) is 13.1 Å². The molecule has 0 unspecified atom stereocenters. The molecular formula is C19H28N4O2. The van der Waals surface area contributed by atoms with Gasteiger partial charge in [0.05, 0.1) is 0 Å². The van der Waals surface area contributed by atoms with E-state index in [0.29, 0.717) is 12.1 Å². The fourth-order valence-electron chi connectivity index (χ4n) is 3.21. The Labute approximate surface area is 149 Å². The van der Waals surface area contributed by atoms with Crippen LogP contribution in [0.15, 0.2) is 24.3 Å². The molecule has 0 radical (unpaired) electrons. The summed E-state index contributed by atoms with van der Waals surface area (Å²) in [5.41, 5.74) is 1.64. The van der Waals surface area contributed by atoms with Crippen molar-refractivity contribution in [2.24, 2.45) is 0 Å². The number of hydrogen-bond acceptors (Lipinski definition) is 3. The molecule has 0 bridgehead atoms. The van der Waals surface area contributed by atoms with E-state index in [1.807, 2.05) is 38.1 Å². The van der Waals surface area contributed by atoms with Crippen LogP contribution in [0.3, 0.4) is 0 Å². The van der Waals surface area contributed by atoms with Crippen LogP contribution in [0, 0.1) is 0 Å². The molecule has 25 heavy (non-hydrogen) atoms. The quantitative estimate of drug-likeness (QED) is 0.737. The summed E-state index contributed by atoms with van der Waals surface area (Å²) in [6, 6.07) is 8.36. The zero-order chi connectivity index (χ0) is 17.8. The average molecular weight is 344 g/mol. The Hall–Kier alpha value is -2.08. The van der Waals surface area contributed by atoms with Crippen LogP contribution in [0.1, 0.15) is 49.0 Å². The maximum absolute atomic E-state index is 12.4. The van der Waals surface area contributed by atoms with Gasteiger partial charge in [-0.3, -0.25) is 9.69 Å². The zero-order valence-electron chi connectivity index (χ0n) is 15.0. The predicted octanol–water partition coefficient (Wildman–Crippen LogP) is 1.86. The number of urea groups is 1. The Balaban J connectivity index is 1.45. The molecule has 136 valence electrons. The number of benzene rings is 1. The molecule has 1 saturated heterocycles. The van der Waals surface area contributed by atoms with Gasteiger partial charge in [-0.25, -0.2) is 4.79 Å². The molecule has 0 spiro atoms. The number of amides is 3. The summed E-state index contributed by atoms with van der Waals surface area (Å²) >= 11 is 0. The van der Waals surface area contributed by atoms with E-state index in [1.54, 1.807) is 0 Å². The first-order chi connectivity index (χ1) is 12.0. The molecule has 0 aromatic heterocycles. The summed E-state index contributed by atoms with van der Waals surface area (Å²) in [7, 11) is 0. The molecule has 6 nitrogen and oxygen atoms in total. The monoisotopic (exact) mass is 344 g/mol. The Bertz CT molecular complexity index is 610. The van der Waals surface area contributed by atoms with E-state index in [9.17, 15) is 9.59 Å². The lowest BCUT2D eigenvalue weighted by Crippen LogP contribution is -2.39. The number of carbonyl (C=O) groups is 2. The van der Waals surface area contributed by atoms with Gasteiger partial charge in [-0.05, 0) is 50.8 Å². The minimum absolute atomic E-state index is 0.0142. The van der Waals surface area contributed by atoms with Crippen molar-refractivity contribution in [3.05, 3.63) is 35.4 Å². The van der Waals surface area contributed by atoms with Crippen LogP contribution in [0.4, 0.5) is 4.79 Å². The van der Waals surface area contributed by atoms with E-state index in [0.717, 1.165) is 31.1 Å². The minimum atomic E-state index is -0.182. The highest BCUT2D eigenvalue weighted by molar-refractivity contribution is 5.94. The normalized spacial score (nSPS) is 20.5. The lowest BCUT2D eigenvalue weighted by atomic mass is 10.1. The third-order valence-corrected chi connectivity index (χ3v) is 4.71. The number of hydrogen-bond donors (Lipinski definition) is 3. The number of carbonyl (C=O) groups excluding carboxylic acids is 2. The van der Waals surface area contributed by atoms with Crippen LogP contribution in [0.25, 0.3) is 0 Å². The lowest BCUT2D eigenvalue weighted by molar-refractivity contribution is 0.0937. The Morgan fingerprint density at radius 3 is 2.52 bits per heavy atom. The molecule has 1 aliphatic carbocycles. The van der Waals surface area contributed by atoms with Gasteiger partial charge in [-0.2, -0.15) is 0 Å². The SMILES string of the molecule is CC(C)NC(=O)NCc1ccc(C(=O)N[C@@H]2CCN(C3CC3)C2)cc1. The van der Waals surface area contributed by atoms with Crippen LogP contribution in [0.5, 0.6) is 0 Å². The molecule has 3 rings (SSSR count). The smallest absolute Gasteiger partial charge is 0.315 e. The lowest BCUT2D eigenvalue weighted by Gasteiger charge is -2.16. The molecule has 1 atom stereocenters. The third-order valence-electron chi connectivity index (χ3n) is 4.71. The first-order valence-corrected chi connectivity index (χ1v) is 9.19. The van der Waals surface area contributed by atoms with Crippen LogP contribution < -0.4 is 16.0 Å². The van der Waals surface area contributed by atoms with Gasteiger partial charge in [0.2, 0.25) is 0 Å². The van der Waals surface area contributed by atoms with Gasteiger partial charge in [-0.15, -0.1) is 0 Å². The molecule has 3 N–H and O–H groups in total. The van der Waals surface area contributed by atoms with Crippen LogP contribution in [0.2, 0.25) is 0 Å². The highest BCUT2D eigenvalue weighted by atomic mass is 16.2. The molecule has 6 heteroatoms. The summed E-state index contributed by atoms with van der Waals surface area (Å²) in [6.45, 7) is 6.35. The number of rotatable bonds is 6. The fraction of sp³-hybridized carbons (Fsp3) is 0.579. The predicted molar refractivity (Wildman–Crippen MR) is 97.4 cm³/mol. The summed E-state index contributed by atoms with van der Waals surface area (Å²) in [5.74, 6) is -0.0142. The van der Waals surface area contributed by atoms with Crippen molar-refractivity contribution in [1.82, 2.24) is 20.9 Å². The van der Waals surface area contributed by atoms with Gasteiger partial charge in [0.15, 0.2) is 0 Å². The van der Waals surface area contributed by atoms with Gasteiger partial charge in [0.1, 0.15) is 0 Å². The summed E-state index contributed by atoms with van der Waals surface area (Å²) < 4.78 is 0. The van der Waals surface area contributed by atoms with Gasteiger partial charge in [-0.1, -0.05) is 12.1 Å². The first kappa shape index (κ1) is 17.7. The number of likely N-dealkylation sites (tertiary alicyclic amines) is 1. The highest BCUT2D eigenvalue weighted by Crippen LogP contribution is 2.29. The molecule has 1 saturated carbocycles. The summed E-state index contributed by atoms with van der Waals surface area (Å²) in [4.78, 5) is 26.5. The van der Waals surface area contributed by atoms with E-state index in [4.69, 9.17) is 0 Å². The van der Waals surface area contributed by atoms with Crippen LogP contribution in [-0.4, -0.2) is 48.1 Å². The van der Waals surface area contributed by atoms with E-state index >= 15 is 0 Å². The zero-order valence-corrected chi connectivity index (χ0v) is 15.0. The average Bonchev–Trinajstić information content (AvgIpc) is 3.33. The van der Waals surface area contributed by atoms with Gasteiger partial charge in [0, 0.05) is 43.3 Å². The van der Waals surface area contributed by atoms with Crippen molar-refractivity contribution in [2.45, 2.75) is 57.8 Å². The number of nitrogens with one attached hydrogen (secondary N) is 3. The maximum Gasteiger partial charge on any atom is 0.315 e. The Morgan fingerprint density at radius 2 is 1.88 bits per heavy atom. The van der Waals surface area contributed by atoms with E-state index in [-0.39, 0.29) is 24.0 Å². The van der Waals surface area contributed by atoms with Crippen LogP contribution >= 0.6 is 0 Å². The van der Waals surface area contributed by atoms with Crippen molar-refractivity contribution in [3.63, 3.8) is 0 Å². The molecule has 3 amide bonds. The van der Waals surface area contributed by atoms with Gasteiger partial charge in [0.25, 0.3) is 5.91 Å². The minimum Gasteiger partial charge on any atom is -0.348 e. The van der Waals surface area contributed by atoms with E-state index < -0.39 is 0 Å². The molecule has 2 fully saturated rings. The second kappa shape index (κ2) is 7.87. The Morgan fingerprint density at radius 1 is 1.16 bits per heavy atom. The first-order valence-electron chi connectivity index (χ1n) is 9.19. The largest absolute Gasteiger partial charge is 0.348 e. The van der Waals surface area contributed by atoms with Gasteiger partial charge < -0.3 is 16.0 Å². The molecule has 1 aromatic rings. The fourth-order valence-corrected chi connectivity index (χ4v) is 3.21. The van der Waals surface area contributed by atoms with E-state index in [2.05, 4.69) is 20.9 Å². The maximum atomic E-state index is 12.4. The number of nitrogens with zero attached hydrogens (tertiary/aromatic N) is 1. The third kappa shape index (κ3) is 5.19. The second-order valence-electron chi connectivity index (χ2n) is 7.36. The topological polar surface area (TPSA) is 73.5 Å². The molecule has 1 heterocycles. The molecule has 1 aromatic carbocycles. The van der Waals surface area contributed by atoms with Crippen molar-refractivity contribution < 1.29 is 9.59 Å². The molecule has 1 aliphatic heterocycles. The van der Waals surface area contributed by atoms with Crippen molar-refractivity contribution >= 4 is 11.9 Å². The highest BCUT2D eigenvalue weighted by Gasteiger charge is 2.34. The summed E-state index contributed by atoms with van der Waals surface area (Å²) in [5, 5.41) is 8.72. The Kier molecular flexibility index (Phi) is 5.58. The van der Waals surface area contributed by atoms with Crippen LogP contribution in [-0.2, 0) is 6.54 Å². The van der Waals surface area contributed by atoms with Gasteiger partial charge >= 0.3 is 6.03 Å². The van der Waals surface area contributed by atoms with Crippen molar-refractivity contribution in [3.8, 4) is 0 Å².